The Hall–Kier alpha value is -2.50. The van der Waals surface area contributed by atoms with E-state index < -0.39 is 18.5 Å². The Kier molecular flexibility index (Phi) is 6.09. The van der Waals surface area contributed by atoms with Crippen LogP contribution in [0.5, 0.6) is 11.5 Å². The molecule has 0 aliphatic heterocycles. The van der Waals surface area contributed by atoms with Crippen molar-refractivity contribution in [3.63, 3.8) is 0 Å². The third-order valence-electron chi connectivity index (χ3n) is 2.27. The van der Waals surface area contributed by atoms with Crippen LogP contribution in [0.3, 0.4) is 0 Å². The van der Waals surface area contributed by atoms with Crippen LogP contribution in [0, 0.1) is 0 Å². The van der Waals surface area contributed by atoms with Crippen molar-refractivity contribution in [1.29, 1.82) is 0 Å². The minimum atomic E-state index is -0.716. The molecule has 1 aromatic carbocycles. The van der Waals surface area contributed by atoms with Gasteiger partial charge >= 0.3 is 5.97 Å². The number of benzene rings is 1. The molecule has 20 heavy (non-hydrogen) atoms. The topological polar surface area (TPSA) is 87.9 Å². The zero-order valence-electron chi connectivity index (χ0n) is 11.4. The van der Waals surface area contributed by atoms with Gasteiger partial charge in [-0.25, -0.2) is 4.79 Å². The lowest BCUT2D eigenvalue weighted by atomic mass is 10.2. The van der Waals surface area contributed by atoms with Gasteiger partial charge in [0.1, 0.15) is 0 Å². The second-order valence-corrected chi connectivity index (χ2v) is 3.83. The Bertz CT molecular complexity index is 510. The first-order valence-electron chi connectivity index (χ1n) is 5.94. The van der Waals surface area contributed by atoms with E-state index in [1.807, 2.05) is 25.1 Å². The highest BCUT2D eigenvalue weighted by atomic mass is 16.6. The molecule has 0 heterocycles. The third-order valence-corrected chi connectivity index (χ3v) is 2.27. The van der Waals surface area contributed by atoms with Crippen LogP contribution < -0.4 is 15.2 Å². The number of amides is 1. The molecule has 0 atom stereocenters. The first-order valence-corrected chi connectivity index (χ1v) is 5.94. The summed E-state index contributed by atoms with van der Waals surface area (Å²) in [7, 11) is 1.51. The summed E-state index contributed by atoms with van der Waals surface area (Å²) in [6.07, 6.45) is 3.81. The number of carbonyl (C=O) groups is 2. The van der Waals surface area contributed by atoms with Crippen molar-refractivity contribution < 1.29 is 23.8 Å². The maximum Gasteiger partial charge on any atom is 0.344 e. The number of ether oxygens (including phenoxy) is 3. The van der Waals surface area contributed by atoms with Crippen LogP contribution >= 0.6 is 0 Å². The van der Waals surface area contributed by atoms with Crippen LogP contribution in [0.1, 0.15) is 12.5 Å². The van der Waals surface area contributed by atoms with E-state index in [0.29, 0.717) is 11.5 Å². The number of carbonyl (C=O) groups excluding carboxylic acids is 2. The molecule has 0 unspecified atom stereocenters. The van der Waals surface area contributed by atoms with Crippen LogP contribution in [0.25, 0.3) is 6.08 Å². The average Bonchev–Trinajstić information content (AvgIpc) is 2.43. The van der Waals surface area contributed by atoms with Gasteiger partial charge < -0.3 is 19.9 Å². The standard InChI is InChI=1S/C14H17NO5/c1-3-4-10-5-6-11(12(7-10)18-2)19-9-14(17)20-8-13(15)16/h3-7H,8-9H2,1-2H3,(H2,15,16)/b4-3+. The zero-order valence-corrected chi connectivity index (χ0v) is 11.4. The summed E-state index contributed by atoms with van der Waals surface area (Å²) in [6, 6.07) is 5.30. The largest absolute Gasteiger partial charge is 0.493 e. The number of primary amides is 1. The highest BCUT2D eigenvalue weighted by Gasteiger charge is 2.09. The third kappa shape index (κ3) is 5.01. The molecule has 0 aliphatic rings. The minimum absolute atomic E-state index is 0.327. The van der Waals surface area contributed by atoms with Crippen molar-refractivity contribution in [2.45, 2.75) is 6.92 Å². The van der Waals surface area contributed by atoms with Gasteiger partial charge in [-0.05, 0) is 24.6 Å². The monoisotopic (exact) mass is 279 g/mol. The zero-order chi connectivity index (χ0) is 15.0. The van der Waals surface area contributed by atoms with E-state index in [1.54, 1.807) is 12.1 Å². The number of rotatable bonds is 7. The SMILES string of the molecule is C/C=C/c1ccc(OCC(=O)OCC(N)=O)c(OC)c1. The van der Waals surface area contributed by atoms with Gasteiger partial charge in [0.2, 0.25) is 0 Å². The fraction of sp³-hybridized carbons (Fsp3) is 0.286. The number of allylic oxidation sites excluding steroid dienone is 1. The van der Waals surface area contributed by atoms with Gasteiger partial charge in [0.25, 0.3) is 5.91 Å². The summed E-state index contributed by atoms with van der Waals surface area (Å²) in [4.78, 5) is 21.7. The molecule has 0 saturated heterocycles. The van der Waals surface area contributed by atoms with Gasteiger partial charge in [-0.1, -0.05) is 18.2 Å². The lowest BCUT2D eigenvalue weighted by molar-refractivity contribution is -0.149. The summed E-state index contributed by atoms with van der Waals surface area (Å²) in [6.45, 7) is 1.12. The second-order valence-electron chi connectivity index (χ2n) is 3.83. The van der Waals surface area contributed by atoms with Gasteiger partial charge in [-0.15, -0.1) is 0 Å². The van der Waals surface area contributed by atoms with E-state index in [2.05, 4.69) is 4.74 Å². The summed E-state index contributed by atoms with van der Waals surface area (Å²) >= 11 is 0. The lowest BCUT2D eigenvalue weighted by Gasteiger charge is -2.10. The van der Waals surface area contributed by atoms with Crippen LogP contribution in [0.4, 0.5) is 0 Å². The number of hydrogen-bond acceptors (Lipinski definition) is 5. The molecule has 1 rings (SSSR count). The van der Waals surface area contributed by atoms with Crippen molar-refractivity contribution >= 4 is 18.0 Å². The van der Waals surface area contributed by atoms with Gasteiger partial charge in [0, 0.05) is 0 Å². The lowest BCUT2D eigenvalue weighted by Crippen LogP contribution is -2.23. The Morgan fingerprint density at radius 1 is 1.25 bits per heavy atom. The Balaban J connectivity index is 2.63. The smallest absolute Gasteiger partial charge is 0.344 e. The normalized spacial score (nSPS) is 10.3. The highest BCUT2D eigenvalue weighted by molar-refractivity contribution is 5.79. The van der Waals surface area contributed by atoms with Crippen molar-refractivity contribution in [1.82, 2.24) is 0 Å². The molecule has 0 bridgehead atoms. The molecule has 0 radical (unpaired) electrons. The van der Waals surface area contributed by atoms with E-state index in [4.69, 9.17) is 15.2 Å². The summed E-state index contributed by atoms with van der Waals surface area (Å²) in [5, 5.41) is 0. The molecule has 1 aromatic rings. The van der Waals surface area contributed by atoms with E-state index in [0.717, 1.165) is 5.56 Å². The van der Waals surface area contributed by atoms with Crippen LogP contribution in [0.2, 0.25) is 0 Å². The van der Waals surface area contributed by atoms with Crippen molar-refractivity contribution in [3.05, 3.63) is 29.8 Å². The van der Waals surface area contributed by atoms with E-state index in [9.17, 15) is 9.59 Å². The van der Waals surface area contributed by atoms with Gasteiger partial charge in [-0.2, -0.15) is 0 Å². The second kappa shape index (κ2) is 7.83. The minimum Gasteiger partial charge on any atom is -0.493 e. The predicted molar refractivity (Wildman–Crippen MR) is 73.4 cm³/mol. The molecule has 0 saturated carbocycles. The number of esters is 1. The molecular formula is C14H17NO5. The first-order chi connectivity index (χ1) is 9.56. The maximum absolute atomic E-state index is 11.3. The fourth-order valence-corrected chi connectivity index (χ4v) is 1.43. The Morgan fingerprint density at radius 2 is 2.00 bits per heavy atom. The summed E-state index contributed by atoms with van der Waals surface area (Å²) in [5.74, 6) is -0.477. The van der Waals surface area contributed by atoms with Crippen LogP contribution in [-0.2, 0) is 14.3 Å². The van der Waals surface area contributed by atoms with Crippen molar-refractivity contribution in [3.8, 4) is 11.5 Å². The molecule has 108 valence electrons. The van der Waals surface area contributed by atoms with Crippen LogP contribution in [-0.4, -0.2) is 32.2 Å². The number of nitrogens with two attached hydrogens (primary N) is 1. The average molecular weight is 279 g/mol. The molecule has 6 nitrogen and oxygen atoms in total. The number of hydrogen-bond donors (Lipinski definition) is 1. The fourth-order valence-electron chi connectivity index (χ4n) is 1.43. The summed E-state index contributed by atoms with van der Waals surface area (Å²) in [5.41, 5.74) is 5.81. The van der Waals surface area contributed by atoms with E-state index in [1.165, 1.54) is 7.11 Å². The first kappa shape index (κ1) is 15.6. The maximum atomic E-state index is 11.3. The quantitative estimate of drug-likeness (QED) is 0.756. The molecule has 0 aromatic heterocycles. The molecular weight excluding hydrogens is 262 g/mol. The predicted octanol–water partition coefficient (Wildman–Crippen LogP) is 1.14. The van der Waals surface area contributed by atoms with Crippen molar-refractivity contribution in [2.75, 3.05) is 20.3 Å². The van der Waals surface area contributed by atoms with Crippen LogP contribution in [0.15, 0.2) is 24.3 Å². The van der Waals surface area contributed by atoms with Gasteiger partial charge in [0.05, 0.1) is 7.11 Å². The Labute approximate surface area is 117 Å². The van der Waals surface area contributed by atoms with Crippen molar-refractivity contribution in [2.24, 2.45) is 5.73 Å². The van der Waals surface area contributed by atoms with Gasteiger partial charge in [0.15, 0.2) is 24.7 Å². The highest BCUT2D eigenvalue weighted by Crippen LogP contribution is 2.28. The molecule has 2 N–H and O–H groups in total. The van der Waals surface area contributed by atoms with Gasteiger partial charge in [-0.3, -0.25) is 4.79 Å². The van der Waals surface area contributed by atoms with E-state index in [-0.39, 0.29) is 6.61 Å². The van der Waals surface area contributed by atoms with E-state index >= 15 is 0 Å². The number of methoxy groups -OCH3 is 1. The molecule has 0 aliphatic carbocycles. The molecule has 1 amide bonds. The molecule has 0 fully saturated rings. The molecule has 0 spiro atoms. The summed E-state index contributed by atoms with van der Waals surface area (Å²) < 4.78 is 15.0. The Morgan fingerprint density at radius 3 is 2.60 bits per heavy atom. The molecule has 6 heteroatoms.